The molecule has 1 heterocycles. The summed E-state index contributed by atoms with van der Waals surface area (Å²) in [4.78, 5) is 24.1. The van der Waals surface area contributed by atoms with Crippen molar-refractivity contribution in [2.24, 2.45) is 5.92 Å². The highest BCUT2D eigenvalue weighted by atomic mass is 32.2. The summed E-state index contributed by atoms with van der Waals surface area (Å²) in [6, 6.07) is 16.0. The van der Waals surface area contributed by atoms with Gasteiger partial charge in [0.25, 0.3) is 0 Å². The Morgan fingerprint density at radius 2 is 1.63 bits per heavy atom. The highest BCUT2D eigenvalue weighted by Crippen LogP contribution is 2.24. The summed E-state index contributed by atoms with van der Waals surface area (Å²) in [5.41, 5.74) is 1.66. The molecule has 3 rings (SSSR count). The number of amides is 1. The number of nitrogens with zero attached hydrogens (tertiary/aromatic N) is 1. The number of sulfonamides is 1. The van der Waals surface area contributed by atoms with E-state index >= 15 is 0 Å². The smallest absolute Gasteiger partial charge is 0.243 e. The minimum atomic E-state index is -3.63. The third-order valence-electron chi connectivity index (χ3n) is 5.67. The molecule has 0 bridgehead atoms. The number of ketones is 1. The molecule has 2 aromatic rings. The van der Waals surface area contributed by atoms with E-state index in [1.165, 1.54) is 41.1 Å². The van der Waals surface area contributed by atoms with Crippen molar-refractivity contribution in [3.63, 3.8) is 0 Å². The summed E-state index contributed by atoms with van der Waals surface area (Å²) in [6.07, 6.45) is 0.993. The van der Waals surface area contributed by atoms with Gasteiger partial charge in [0.15, 0.2) is 5.78 Å². The van der Waals surface area contributed by atoms with E-state index in [1.54, 1.807) is 0 Å². The maximum Gasteiger partial charge on any atom is 0.243 e. The van der Waals surface area contributed by atoms with Crippen molar-refractivity contribution in [2.45, 2.75) is 37.5 Å². The lowest BCUT2D eigenvalue weighted by Gasteiger charge is -2.30. The van der Waals surface area contributed by atoms with E-state index in [4.69, 9.17) is 0 Å². The lowest BCUT2D eigenvalue weighted by molar-refractivity contribution is -0.126. The lowest BCUT2D eigenvalue weighted by Crippen LogP contribution is -2.43. The Bertz CT molecular complexity index is 980. The molecule has 0 radical (unpaired) electrons. The second kappa shape index (κ2) is 9.53. The van der Waals surface area contributed by atoms with Crippen LogP contribution in [0.4, 0.5) is 0 Å². The third-order valence-corrected chi connectivity index (χ3v) is 7.59. The molecular formula is C23H28N2O4S. The van der Waals surface area contributed by atoms with Gasteiger partial charge in [-0.15, -0.1) is 0 Å². The minimum Gasteiger partial charge on any atom is -0.355 e. The molecule has 160 valence electrons. The zero-order valence-electron chi connectivity index (χ0n) is 17.4. The van der Waals surface area contributed by atoms with E-state index in [1.807, 2.05) is 30.3 Å². The average molecular weight is 429 g/mol. The van der Waals surface area contributed by atoms with Gasteiger partial charge in [0.1, 0.15) is 0 Å². The van der Waals surface area contributed by atoms with E-state index in [-0.39, 0.29) is 28.4 Å². The van der Waals surface area contributed by atoms with Crippen LogP contribution in [0.3, 0.4) is 0 Å². The topological polar surface area (TPSA) is 83.6 Å². The molecule has 0 saturated carbocycles. The van der Waals surface area contributed by atoms with E-state index < -0.39 is 10.0 Å². The Labute approximate surface area is 178 Å². The first-order valence-electron chi connectivity index (χ1n) is 10.2. The molecule has 2 aromatic carbocycles. The normalized spacial score (nSPS) is 16.7. The number of carbonyl (C=O) groups excluding carboxylic acids is 2. The number of nitrogens with one attached hydrogen (secondary N) is 1. The molecule has 1 unspecified atom stereocenters. The SMILES string of the molecule is CC(=O)c1ccc(S(=O)(=O)N2CCC(C(=O)NCC(C)c3ccccc3)CC2)cc1. The first-order valence-corrected chi connectivity index (χ1v) is 11.7. The Morgan fingerprint density at radius 3 is 2.20 bits per heavy atom. The summed E-state index contributed by atoms with van der Waals surface area (Å²) in [6.45, 7) is 4.69. The second-order valence-electron chi connectivity index (χ2n) is 7.82. The maximum absolute atomic E-state index is 12.9. The molecular weight excluding hydrogens is 400 g/mol. The van der Waals surface area contributed by atoms with E-state index in [2.05, 4.69) is 12.2 Å². The summed E-state index contributed by atoms with van der Waals surface area (Å²) in [5, 5.41) is 3.01. The Kier molecular flexibility index (Phi) is 7.05. The van der Waals surface area contributed by atoms with Gasteiger partial charge in [0.05, 0.1) is 4.90 Å². The van der Waals surface area contributed by atoms with E-state index in [0.29, 0.717) is 38.0 Å². The highest BCUT2D eigenvalue weighted by molar-refractivity contribution is 7.89. The predicted molar refractivity (Wildman–Crippen MR) is 116 cm³/mol. The summed E-state index contributed by atoms with van der Waals surface area (Å²) in [7, 11) is -3.63. The Morgan fingerprint density at radius 1 is 1.03 bits per heavy atom. The van der Waals surface area contributed by atoms with Crippen LogP contribution in [0.25, 0.3) is 0 Å². The number of benzene rings is 2. The number of Topliss-reactive ketones (excluding diaryl/α,β-unsaturated/α-hetero) is 1. The zero-order chi connectivity index (χ0) is 21.7. The number of carbonyl (C=O) groups is 2. The first kappa shape index (κ1) is 22.2. The molecule has 1 amide bonds. The quantitative estimate of drug-likeness (QED) is 0.687. The van der Waals surface area contributed by atoms with Crippen molar-refractivity contribution in [2.75, 3.05) is 19.6 Å². The Hall–Kier alpha value is -2.51. The van der Waals surface area contributed by atoms with Crippen LogP contribution < -0.4 is 5.32 Å². The molecule has 1 aliphatic rings. The van der Waals surface area contributed by atoms with Crippen molar-refractivity contribution in [1.82, 2.24) is 9.62 Å². The van der Waals surface area contributed by atoms with Crippen LogP contribution in [-0.4, -0.2) is 44.0 Å². The van der Waals surface area contributed by atoms with Crippen LogP contribution in [0, 0.1) is 5.92 Å². The molecule has 1 fully saturated rings. The van der Waals surface area contributed by atoms with Crippen molar-refractivity contribution < 1.29 is 18.0 Å². The number of hydrogen-bond donors (Lipinski definition) is 1. The monoisotopic (exact) mass is 428 g/mol. The minimum absolute atomic E-state index is 0.0133. The van der Waals surface area contributed by atoms with Crippen LogP contribution >= 0.6 is 0 Å². The summed E-state index contributed by atoms with van der Waals surface area (Å²) < 4.78 is 27.1. The fraction of sp³-hybridized carbons (Fsp3) is 0.391. The summed E-state index contributed by atoms with van der Waals surface area (Å²) in [5.74, 6) is -0.0823. The Balaban J connectivity index is 1.53. The lowest BCUT2D eigenvalue weighted by atomic mass is 9.96. The molecule has 1 atom stereocenters. The van der Waals surface area contributed by atoms with Gasteiger partial charge in [0.2, 0.25) is 15.9 Å². The molecule has 7 heteroatoms. The van der Waals surface area contributed by atoms with Gasteiger partial charge in [-0.1, -0.05) is 49.4 Å². The molecule has 1 aliphatic heterocycles. The molecule has 0 aromatic heterocycles. The van der Waals surface area contributed by atoms with Crippen molar-refractivity contribution in [3.05, 3.63) is 65.7 Å². The molecule has 6 nitrogen and oxygen atoms in total. The van der Waals surface area contributed by atoms with Crippen LogP contribution in [0.15, 0.2) is 59.5 Å². The summed E-state index contributed by atoms with van der Waals surface area (Å²) >= 11 is 0. The third kappa shape index (κ3) is 5.15. The van der Waals surface area contributed by atoms with Crippen molar-refractivity contribution in [1.29, 1.82) is 0 Å². The van der Waals surface area contributed by atoms with Crippen molar-refractivity contribution in [3.8, 4) is 0 Å². The molecule has 1 saturated heterocycles. The van der Waals surface area contributed by atoms with Gasteiger partial charge in [-0.05, 0) is 43.4 Å². The van der Waals surface area contributed by atoms with Gasteiger partial charge < -0.3 is 5.32 Å². The number of rotatable bonds is 7. The highest BCUT2D eigenvalue weighted by Gasteiger charge is 2.32. The van der Waals surface area contributed by atoms with Crippen LogP contribution in [0.5, 0.6) is 0 Å². The van der Waals surface area contributed by atoms with Crippen LogP contribution in [0.2, 0.25) is 0 Å². The maximum atomic E-state index is 12.9. The fourth-order valence-electron chi connectivity index (χ4n) is 3.67. The largest absolute Gasteiger partial charge is 0.355 e. The van der Waals surface area contributed by atoms with E-state index in [0.717, 1.165) is 0 Å². The van der Waals surface area contributed by atoms with Gasteiger partial charge >= 0.3 is 0 Å². The average Bonchev–Trinajstić information content (AvgIpc) is 2.78. The fourth-order valence-corrected chi connectivity index (χ4v) is 5.14. The van der Waals surface area contributed by atoms with E-state index in [9.17, 15) is 18.0 Å². The number of piperidine rings is 1. The van der Waals surface area contributed by atoms with Gasteiger partial charge in [-0.3, -0.25) is 9.59 Å². The van der Waals surface area contributed by atoms with Gasteiger partial charge in [0, 0.05) is 31.1 Å². The molecule has 0 spiro atoms. The molecule has 30 heavy (non-hydrogen) atoms. The van der Waals surface area contributed by atoms with Gasteiger partial charge in [-0.2, -0.15) is 4.31 Å². The number of hydrogen-bond acceptors (Lipinski definition) is 4. The first-order chi connectivity index (χ1) is 14.3. The van der Waals surface area contributed by atoms with Crippen LogP contribution in [-0.2, 0) is 14.8 Å². The zero-order valence-corrected chi connectivity index (χ0v) is 18.2. The molecule has 1 N–H and O–H groups in total. The van der Waals surface area contributed by atoms with Crippen LogP contribution in [0.1, 0.15) is 48.5 Å². The van der Waals surface area contributed by atoms with Crippen molar-refractivity contribution >= 4 is 21.7 Å². The predicted octanol–water partition coefficient (Wildman–Crippen LogP) is 3.21. The standard InChI is InChI=1S/C23H28N2O4S/c1-17(19-6-4-3-5-7-19)16-24-23(27)21-12-14-25(15-13-21)30(28,29)22-10-8-20(9-11-22)18(2)26/h3-11,17,21H,12-16H2,1-2H3,(H,24,27). The second-order valence-corrected chi connectivity index (χ2v) is 9.75. The van der Waals surface area contributed by atoms with Gasteiger partial charge in [-0.25, -0.2) is 8.42 Å². The molecule has 0 aliphatic carbocycles.